The Hall–Kier alpha value is -2.43. The van der Waals surface area contributed by atoms with Crippen LogP contribution >= 0.6 is 0 Å². The number of hydrogen-bond acceptors (Lipinski definition) is 3. The molecule has 0 saturated heterocycles. The van der Waals surface area contributed by atoms with Gasteiger partial charge in [0.1, 0.15) is 0 Å². The Kier molecular flexibility index (Phi) is 8.05. The van der Waals surface area contributed by atoms with Gasteiger partial charge in [0.05, 0.1) is 10.1 Å². The summed E-state index contributed by atoms with van der Waals surface area (Å²) in [6.45, 7) is 7.62. The Morgan fingerprint density at radius 3 is 1.52 bits per heavy atom. The molecule has 0 heterocycles. The smallest absolute Gasteiger partial charge is 0.182 e. The van der Waals surface area contributed by atoms with Gasteiger partial charge in [-0.15, -0.1) is 0 Å². The first-order valence-electron chi connectivity index (χ1n) is 11.0. The van der Waals surface area contributed by atoms with Crippen LogP contribution in [0.3, 0.4) is 0 Å². The van der Waals surface area contributed by atoms with Crippen molar-refractivity contribution in [2.75, 3.05) is 0 Å². The third-order valence-electron chi connectivity index (χ3n) is 5.74. The van der Waals surface area contributed by atoms with Gasteiger partial charge in [0, 0.05) is 19.1 Å². The van der Waals surface area contributed by atoms with Crippen LogP contribution in [-0.4, -0.2) is 24.6 Å². The standard InChI is InChI=1S/C27H33NO2S/c1-22(2)19-27(23(3)31(29,30)26-17-11-6-12-18-26)28(20-24-13-7-4-8-14-24)21-25-15-9-5-10-16-25/h4-18,22-23,27H,19-21H2,1-3H3/t23-,27-/m1/s1. The highest BCUT2D eigenvalue weighted by molar-refractivity contribution is 7.92. The van der Waals surface area contributed by atoms with Crippen molar-refractivity contribution in [3.8, 4) is 0 Å². The lowest BCUT2D eigenvalue weighted by Crippen LogP contribution is -2.45. The van der Waals surface area contributed by atoms with Crippen molar-refractivity contribution < 1.29 is 8.42 Å². The van der Waals surface area contributed by atoms with E-state index >= 15 is 0 Å². The van der Waals surface area contributed by atoms with Crippen molar-refractivity contribution in [3.63, 3.8) is 0 Å². The maximum Gasteiger partial charge on any atom is 0.182 e. The van der Waals surface area contributed by atoms with Gasteiger partial charge >= 0.3 is 0 Å². The van der Waals surface area contributed by atoms with E-state index < -0.39 is 15.1 Å². The van der Waals surface area contributed by atoms with Gasteiger partial charge in [-0.3, -0.25) is 4.90 Å². The number of rotatable bonds is 10. The Balaban J connectivity index is 1.98. The van der Waals surface area contributed by atoms with Gasteiger partial charge in [0.25, 0.3) is 0 Å². The molecule has 3 aromatic rings. The average molecular weight is 436 g/mol. The van der Waals surface area contributed by atoms with E-state index in [1.54, 1.807) is 24.3 Å². The molecule has 0 aliphatic heterocycles. The highest BCUT2D eigenvalue weighted by Gasteiger charge is 2.35. The van der Waals surface area contributed by atoms with Crippen molar-refractivity contribution in [1.29, 1.82) is 0 Å². The minimum atomic E-state index is -3.46. The first-order valence-corrected chi connectivity index (χ1v) is 12.5. The van der Waals surface area contributed by atoms with E-state index in [1.165, 1.54) is 11.1 Å². The first kappa shape index (κ1) is 23.2. The van der Waals surface area contributed by atoms with Crippen LogP contribution in [0.25, 0.3) is 0 Å². The van der Waals surface area contributed by atoms with Crippen molar-refractivity contribution in [1.82, 2.24) is 4.90 Å². The van der Waals surface area contributed by atoms with Crippen molar-refractivity contribution in [2.45, 2.75) is 56.5 Å². The summed E-state index contributed by atoms with van der Waals surface area (Å²) >= 11 is 0. The van der Waals surface area contributed by atoms with Gasteiger partial charge in [-0.25, -0.2) is 8.42 Å². The van der Waals surface area contributed by atoms with Gasteiger partial charge in [-0.1, -0.05) is 92.7 Å². The zero-order chi connectivity index (χ0) is 22.3. The summed E-state index contributed by atoms with van der Waals surface area (Å²) in [7, 11) is -3.46. The molecule has 0 unspecified atom stereocenters. The highest BCUT2D eigenvalue weighted by Crippen LogP contribution is 2.27. The fourth-order valence-electron chi connectivity index (χ4n) is 4.08. The summed E-state index contributed by atoms with van der Waals surface area (Å²) in [5.41, 5.74) is 2.38. The van der Waals surface area contributed by atoms with Crippen LogP contribution in [0.5, 0.6) is 0 Å². The van der Waals surface area contributed by atoms with E-state index in [2.05, 4.69) is 43.0 Å². The van der Waals surface area contributed by atoms with Crippen LogP contribution < -0.4 is 0 Å². The lowest BCUT2D eigenvalue weighted by molar-refractivity contribution is 0.153. The van der Waals surface area contributed by atoms with E-state index in [9.17, 15) is 8.42 Å². The molecule has 0 saturated carbocycles. The molecule has 3 aromatic carbocycles. The average Bonchev–Trinajstić information content (AvgIpc) is 2.78. The van der Waals surface area contributed by atoms with Gasteiger partial charge < -0.3 is 0 Å². The lowest BCUT2D eigenvalue weighted by atomic mass is 9.98. The summed E-state index contributed by atoms with van der Waals surface area (Å²) in [4.78, 5) is 2.74. The molecule has 3 rings (SSSR count). The molecule has 0 N–H and O–H groups in total. The van der Waals surface area contributed by atoms with E-state index in [4.69, 9.17) is 0 Å². The molecule has 2 atom stereocenters. The van der Waals surface area contributed by atoms with E-state index in [0.717, 1.165) is 6.42 Å². The predicted molar refractivity (Wildman–Crippen MR) is 128 cm³/mol. The molecule has 31 heavy (non-hydrogen) atoms. The minimum Gasteiger partial charge on any atom is -0.291 e. The summed E-state index contributed by atoms with van der Waals surface area (Å²) < 4.78 is 27.1. The van der Waals surface area contributed by atoms with E-state index in [0.29, 0.717) is 23.9 Å². The van der Waals surface area contributed by atoms with E-state index in [1.807, 2.05) is 49.4 Å². The van der Waals surface area contributed by atoms with Gasteiger partial charge in [0.15, 0.2) is 9.84 Å². The van der Waals surface area contributed by atoms with Crippen molar-refractivity contribution in [3.05, 3.63) is 102 Å². The van der Waals surface area contributed by atoms with Crippen LogP contribution in [0.2, 0.25) is 0 Å². The zero-order valence-corrected chi connectivity index (χ0v) is 19.5. The maximum atomic E-state index is 13.5. The molecule has 0 bridgehead atoms. The quantitative estimate of drug-likeness (QED) is 0.394. The molecule has 4 heteroatoms. The first-order chi connectivity index (χ1) is 14.9. The SMILES string of the molecule is CC(C)C[C@H]([C@@H](C)S(=O)(=O)c1ccccc1)N(Cc1ccccc1)Cc1ccccc1. The molecule has 164 valence electrons. The second-order valence-electron chi connectivity index (χ2n) is 8.64. The predicted octanol–water partition coefficient (Wildman–Crippen LogP) is 5.97. The molecular weight excluding hydrogens is 402 g/mol. The summed E-state index contributed by atoms with van der Waals surface area (Å²) in [6, 6.07) is 29.4. The third-order valence-corrected chi connectivity index (χ3v) is 7.96. The van der Waals surface area contributed by atoms with Crippen LogP contribution in [0.15, 0.2) is 95.9 Å². The third kappa shape index (κ3) is 6.28. The molecular formula is C27H33NO2S. The monoisotopic (exact) mass is 435 g/mol. The van der Waals surface area contributed by atoms with Gasteiger partial charge in [0.2, 0.25) is 0 Å². The molecule has 0 aliphatic carbocycles. The van der Waals surface area contributed by atoms with Gasteiger partial charge in [-0.2, -0.15) is 0 Å². The molecule has 0 amide bonds. The summed E-state index contributed by atoms with van der Waals surface area (Å²) in [5, 5.41) is -0.523. The van der Waals surface area contributed by atoms with Crippen LogP contribution in [-0.2, 0) is 22.9 Å². The van der Waals surface area contributed by atoms with Crippen LogP contribution in [0, 0.1) is 5.92 Å². The van der Waals surface area contributed by atoms with E-state index in [-0.39, 0.29) is 6.04 Å². The fraction of sp³-hybridized carbons (Fsp3) is 0.333. The number of benzene rings is 3. The number of hydrogen-bond donors (Lipinski definition) is 0. The van der Waals surface area contributed by atoms with Crippen molar-refractivity contribution in [2.24, 2.45) is 5.92 Å². The summed E-state index contributed by atoms with van der Waals surface area (Å²) in [5.74, 6) is 0.382. The Morgan fingerprint density at radius 2 is 1.10 bits per heavy atom. The van der Waals surface area contributed by atoms with Crippen LogP contribution in [0.4, 0.5) is 0 Å². The zero-order valence-electron chi connectivity index (χ0n) is 18.7. The molecule has 3 nitrogen and oxygen atoms in total. The molecule has 0 aromatic heterocycles. The highest BCUT2D eigenvalue weighted by atomic mass is 32.2. The molecule has 0 fully saturated rings. The number of sulfone groups is 1. The van der Waals surface area contributed by atoms with Gasteiger partial charge in [-0.05, 0) is 42.5 Å². The number of nitrogens with zero attached hydrogens (tertiary/aromatic N) is 1. The topological polar surface area (TPSA) is 37.4 Å². The van der Waals surface area contributed by atoms with Crippen molar-refractivity contribution >= 4 is 9.84 Å². The normalized spacial score (nSPS) is 14.0. The fourth-order valence-corrected chi connectivity index (χ4v) is 5.74. The second kappa shape index (κ2) is 10.7. The van der Waals surface area contributed by atoms with Crippen LogP contribution in [0.1, 0.15) is 38.3 Å². The summed E-state index contributed by atoms with van der Waals surface area (Å²) in [6.07, 6.45) is 0.812. The Morgan fingerprint density at radius 1 is 0.677 bits per heavy atom. The Bertz CT molecular complexity index is 977. The molecule has 0 aliphatic rings. The largest absolute Gasteiger partial charge is 0.291 e. The molecule has 0 radical (unpaired) electrons. The Labute approximate surface area is 187 Å². The lowest BCUT2D eigenvalue weighted by Gasteiger charge is -2.37. The second-order valence-corrected chi connectivity index (χ2v) is 10.9. The minimum absolute atomic E-state index is 0.106. The molecule has 0 spiro atoms. The maximum absolute atomic E-state index is 13.5.